The second-order valence-corrected chi connectivity index (χ2v) is 6.37. The minimum absolute atomic E-state index is 0.713. The predicted molar refractivity (Wildman–Crippen MR) is 68.0 cm³/mol. The van der Waals surface area contributed by atoms with E-state index in [4.69, 9.17) is 0 Å². The summed E-state index contributed by atoms with van der Waals surface area (Å²) in [5.41, 5.74) is 0.713. The molecular weight excluding hydrogens is 236 g/mol. The molecule has 0 spiro atoms. The molecule has 84 valence electrons. The smallest absolute Gasteiger partial charge is 0.0173 e. The Kier molecular flexibility index (Phi) is 5.51. The van der Waals surface area contributed by atoms with E-state index in [-0.39, 0.29) is 0 Å². The molecule has 0 amide bonds. The van der Waals surface area contributed by atoms with E-state index < -0.39 is 0 Å². The molecule has 0 heterocycles. The second kappa shape index (κ2) is 6.15. The number of unbranched alkanes of at least 4 members (excludes halogenated alkanes) is 5. The molecular formula is C13H25Br. The van der Waals surface area contributed by atoms with Gasteiger partial charge in [0.15, 0.2) is 0 Å². The third-order valence-electron chi connectivity index (χ3n) is 3.76. The molecule has 0 aromatic carbocycles. The fourth-order valence-corrected chi connectivity index (χ4v) is 2.95. The third-order valence-corrected chi connectivity index (χ3v) is 4.74. The Labute approximate surface area is 98.0 Å². The van der Waals surface area contributed by atoms with Gasteiger partial charge in [-0.05, 0) is 24.7 Å². The summed E-state index contributed by atoms with van der Waals surface area (Å²) in [5, 5.41) is 0. The first-order valence-corrected chi connectivity index (χ1v) is 7.27. The van der Waals surface area contributed by atoms with Crippen LogP contribution in [0.25, 0.3) is 0 Å². The Balaban J connectivity index is 1.94. The van der Waals surface area contributed by atoms with Crippen LogP contribution in [0.2, 0.25) is 0 Å². The third kappa shape index (κ3) is 3.92. The van der Waals surface area contributed by atoms with Gasteiger partial charge < -0.3 is 0 Å². The van der Waals surface area contributed by atoms with Crippen LogP contribution in [0.1, 0.15) is 71.6 Å². The van der Waals surface area contributed by atoms with Crippen LogP contribution in [-0.2, 0) is 0 Å². The summed E-state index contributed by atoms with van der Waals surface area (Å²) in [5.74, 6) is 0. The van der Waals surface area contributed by atoms with Crippen LogP contribution in [0.5, 0.6) is 0 Å². The standard InChI is InChI=1S/C13H25Br/c1-3-4-5-6-7-8-9-13(10-11-13)12(2)14/h12H,3-11H2,1-2H3. The fraction of sp³-hybridized carbons (Fsp3) is 1.00. The normalized spacial score (nSPS) is 20.8. The zero-order chi connectivity index (χ0) is 10.4. The molecule has 0 radical (unpaired) electrons. The lowest BCUT2D eigenvalue weighted by atomic mass is 9.95. The quantitative estimate of drug-likeness (QED) is 0.411. The Morgan fingerprint density at radius 2 is 1.64 bits per heavy atom. The molecule has 1 rings (SSSR count). The Morgan fingerprint density at radius 3 is 2.14 bits per heavy atom. The van der Waals surface area contributed by atoms with Crippen molar-refractivity contribution < 1.29 is 0 Å². The Hall–Kier alpha value is 0.480. The first-order valence-electron chi connectivity index (χ1n) is 6.35. The molecule has 1 fully saturated rings. The van der Waals surface area contributed by atoms with E-state index in [1.807, 2.05) is 0 Å². The predicted octanol–water partition coefficient (Wildman–Crippen LogP) is 5.30. The van der Waals surface area contributed by atoms with Crippen LogP contribution in [0, 0.1) is 5.41 Å². The van der Waals surface area contributed by atoms with Gasteiger partial charge in [-0.15, -0.1) is 0 Å². The van der Waals surface area contributed by atoms with Crippen molar-refractivity contribution in [2.75, 3.05) is 0 Å². The van der Waals surface area contributed by atoms with Crippen molar-refractivity contribution >= 4 is 15.9 Å². The lowest BCUT2D eigenvalue weighted by Crippen LogP contribution is -2.11. The highest BCUT2D eigenvalue weighted by atomic mass is 79.9. The molecule has 0 bridgehead atoms. The molecule has 1 aliphatic rings. The topological polar surface area (TPSA) is 0 Å². The van der Waals surface area contributed by atoms with Crippen LogP contribution >= 0.6 is 15.9 Å². The van der Waals surface area contributed by atoms with Crippen LogP contribution in [0.4, 0.5) is 0 Å². The summed E-state index contributed by atoms with van der Waals surface area (Å²) in [4.78, 5) is 0.741. The van der Waals surface area contributed by atoms with E-state index in [0.29, 0.717) is 5.41 Å². The average molecular weight is 261 g/mol. The molecule has 0 aromatic rings. The van der Waals surface area contributed by atoms with E-state index in [0.717, 1.165) is 4.83 Å². The summed E-state index contributed by atoms with van der Waals surface area (Å²) in [7, 11) is 0. The number of hydrogen-bond acceptors (Lipinski definition) is 0. The van der Waals surface area contributed by atoms with Crippen LogP contribution in [0.15, 0.2) is 0 Å². The van der Waals surface area contributed by atoms with Crippen LogP contribution in [-0.4, -0.2) is 4.83 Å². The van der Waals surface area contributed by atoms with Gasteiger partial charge in [0.05, 0.1) is 0 Å². The van der Waals surface area contributed by atoms with Crippen molar-refractivity contribution in [2.24, 2.45) is 5.41 Å². The monoisotopic (exact) mass is 260 g/mol. The molecule has 0 nitrogen and oxygen atoms in total. The molecule has 0 saturated heterocycles. The van der Waals surface area contributed by atoms with E-state index in [1.165, 1.54) is 57.8 Å². The van der Waals surface area contributed by atoms with Gasteiger partial charge >= 0.3 is 0 Å². The number of alkyl halides is 1. The van der Waals surface area contributed by atoms with Crippen molar-refractivity contribution in [1.29, 1.82) is 0 Å². The largest absolute Gasteiger partial charge is 0.0888 e. The van der Waals surface area contributed by atoms with Crippen molar-refractivity contribution in [3.63, 3.8) is 0 Å². The molecule has 1 heteroatoms. The van der Waals surface area contributed by atoms with E-state index in [2.05, 4.69) is 29.8 Å². The summed E-state index contributed by atoms with van der Waals surface area (Å²) in [6.45, 7) is 4.61. The van der Waals surface area contributed by atoms with Gasteiger partial charge in [0.2, 0.25) is 0 Å². The molecule has 0 N–H and O–H groups in total. The van der Waals surface area contributed by atoms with Gasteiger partial charge in [0, 0.05) is 4.83 Å². The average Bonchev–Trinajstić information content (AvgIpc) is 2.92. The minimum Gasteiger partial charge on any atom is -0.0888 e. The molecule has 1 unspecified atom stereocenters. The SMILES string of the molecule is CCCCCCCCC1(C(C)Br)CC1. The van der Waals surface area contributed by atoms with E-state index >= 15 is 0 Å². The summed E-state index contributed by atoms with van der Waals surface area (Å²) >= 11 is 3.75. The Morgan fingerprint density at radius 1 is 1.07 bits per heavy atom. The highest BCUT2D eigenvalue weighted by molar-refractivity contribution is 9.09. The highest BCUT2D eigenvalue weighted by Gasteiger charge is 2.45. The second-order valence-electron chi connectivity index (χ2n) is 5.00. The maximum absolute atomic E-state index is 3.75. The zero-order valence-electron chi connectivity index (χ0n) is 9.82. The van der Waals surface area contributed by atoms with Crippen molar-refractivity contribution in [2.45, 2.75) is 76.5 Å². The van der Waals surface area contributed by atoms with Gasteiger partial charge in [0.1, 0.15) is 0 Å². The molecule has 1 atom stereocenters. The minimum atomic E-state index is 0.713. The first kappa shape index (κ1) is 12.5. The van der Waals surface area contributed by atoms with Crippen LogP contribution < -0.4 is 0 Å². The van der Waals surface area contributed by atoms with Crippen molar-refractivity contribution in [3.05, 3.63) is 0 Å². The number of rotatable bonds is 8. The first-order chi connectivity index (χ1) is 6.71. The molecule has 0 aromatic heterocycles. The van der Waals surface area contributed by atoms with Gasteiger partial charge in [-0.3, -0.25) is 0 Å². The lowest BCUT2D eigenvalue weighted by molar-refractivity contribution is 0.433. The summed E-state index contributed by atoms with van der Waals surface area (Å²) in [6.07, 6.45) is 13.0. The van der Waals surface area contributed by atoms with Crippen molar-refractivity contribution in [1.82, 2.24) is 0 Å². The highest BCUT2D eigenvalue weighted by Crippen LogP contribution is 2.55. The maximum Gasteiger partial charge on any atom is 0.0173 e. The molecule has 14 heavy (non-hydrogen) atoms. The fourth-order valence-electron chi connectivity index (χ4n) is 2.26. The summed E-state index contributed by atoms with van der Waals surface area (Å²) in [6, 6.07) is 0. The zero-order valence-corrected chi connectivity index (χ0v) is 11.4. The van der Waals surface area contributed by atoms with Gasteiger partial charge in [0.25, 0.3) is 0 Å². The van der Waals surface area contributed by atoms with Gasteiger partial charge in [-0.25, -0.2) is 0 Å². The number of halogens is 1. The Bertz CT molecular complexity index is 147. The van der Waals surface area contributed by atoms with E-state index in [1.54, 1.807) is 0 Å². The molecule has 1 aliphatic carbocycles. The van der Waals surface area contributed by atoms with Gasteiger partial charge in [-0.2, -0.15) is 0 Å². The summed E-state index contributed by atoms with van der Waals surface area (Å²) < 4.78 is 0. The molecule has 0 aliphatic heterocycles. The van der Waals surface area contributed by atoms with Gasteiger partial charge in [-0.1, -0.05) is 68.3 Å². The maximum atomic E-state index is 3.75. The lowest BCUT2D eigenvalue weighted by Gasteiger charge is -2.17. The molecule has 1 saturated carbocycles. The van der Waals surface area contributed by atoms with Crippen LogP contribution in [0.3, 0.4) is 0 Å². The van der Waals surface area contributed by atoms with Crippen molar-refractivity contribution in [3.8, 4) is 0 Å². The number of hydrogen-bond donors (Lipinski definition) is 0. The van der Waals surface area contributed by atoms with E-state index in [9.17, 15) is 0 Å².